The van der Waals surface area contributed by atoms with Crippen molar-refractivity contribution in [2.75, 3.05) is 33.4 Å². The highest BCUT2D eigenvalue weighted by Crippen LogP contribution is 2.33. The molecule has 2 rings (SSSR count). The van der Waals surface area contributed by atoms with Crippen LogP contribution in [0.5, 0.6) is 5.75 Å². The number of aliphatic hydroxyl groups is 1. The van der Waals surface area contributed by atoms with E-state index in [1.165, 1.54) is 5.56 Å². The first-order valence-corrected chi connectivity index (χ1v) is 8.25. The zero-order chi connectivity index (χ0) is 15.9. The highest BCUT2D eigenvalue weighted by atomic mass is 16.5. The Hall–Kier alpha value is -1.10. The SMILES string of the molecule is COc1ccccc1C1CCN(CC(O)COC(C)C)CC1. The minimum absolute atomic E-state index is 0.172. The maximum absolute atomic E-state index is 10.0. The molecule has 0 radical (unpaired) electrons. The Morgan fingerprint density at radius 2 is 1.91 bits per heavy atom. The van der Waals surface area contributed by atoms with Crippen molar-refractivity contribution in [2.24, 2.45) is 0 Å². The Labute approximate surface area is 134 Å². The molecule has 0 saturated carbocycles. The molecule has 1 fully saturated rings. The first-order valence-electron chi connectivity index (χ1n) is 8.25. The van der Waals surface area contributed by atoms with Crippen molar-refractivity contribution in [1.82, 2.24) is 4.90 Å². The maximum Gasteiger partial charge on any atom is 0.122 e. The third-order valence-electron chi connectivity index (χ3n) is 4.26. The first kappa shape index (κ1) is 17.3. The molecule has 1 unspecified atom stereocenters. The fourth-order valence-electron chi connectivity index (χ4n) is 3.08. The summed E-state index contributed by atoms with van der Waals surface area (Å²) < 4.78 is 10.9. The highest BCUT2D eigenvalue weighted by molar-refractivity contribution is 5.36. The van der Waals surface area contributed by atoms with Crippen LogP contribution in [-0.2, 0) is 4.74 Å². The van der Waals surface area contributed by atoms with E-state index in [1.54, 1.807) is 7.11 Å². The van der Waals surface area contributed by atoms with Crippen molar-refractivity contribution in [3.63, 3.8) is 0 Å². The molecule has 1 atom stereocenters. The Bertz CT molecular complexity index is 442. The van der Waals surface area contributed by atoms with Gasteiger partial charge in [0, 0.05) is 6.54 Å². The summed E-state index contributed by atoms with van der Waals surface area (Å²) in [5.74, 6) is 1.54. The molecule has 1 aliphatic heterocycles. The number of piperidine rings is 1. The number of ether oxygens (including phenoxy) is 2. The molecule has 0 aliphatic carbocycles. The lowest BCUT2D eigenvalue weighted by molar-refractivity contribution is -0.0112. The van der Waals surface area contributed by atoms with Gasteiger partial charge in [0.05, 0.1) is 25.9 Å². The van der Waals surface area contributed by atoms with E-state index in [0.29, 0.717) is 19.1 Å². The quantitative estimate of drug-likeness (QED) is 0.841. The lowest BCUT2D eigenvalue weighted by atomic mass is 9.88. The molecule has 1 N–H and O–H groups in total. The van der Waals surface area contributed by atoms with Crippen LogP contribution in [0.15, 0.2) is 24.3 Å². The lowest BCUT2D eigenvalue weighted by Crippen LogP contribution is -2.40. The number of aliphatic hydroxyl groups excluding tert-OH is 1. The average molecular weight is 307 g/mol. The molecular weight excluding hydrogens is 278 g/mol. The second kappa shape index (κ2) is 8.51. The summed E-state index contributed by atoms with van der Waals surface area (Å²) in [5, 5.41) is 10.0. The number of likely N-dealkylation sites (tertiary alicyclic amines) is 1. The molecule has 4 heteroatoms. The topological polar surface area (TPSA) is 41.9 Å². The maximum atomic E-state index is 10.0. The van der Waals surface area contributed by atoms with Gasteiger partial charge in [-0.25, -0.2) is 0 Å². The summed E-state index contributed by atoms with van der Waals surface area (Å²) in [7, 11) is 1.74. The molecular formula is C18H29NO3. The van der Waals surface area contributed by atoms with Gasteiger partial charge in [0.1, 0.15) is 5.75 Å². The van der Waals surface area contributed by atoms with Gasteiger partial charge in [0.15, 0.2) is 0 Å². The molecule has 1 aromatic rings. The number of β-amino-alcohol motifs (C(OH)–C–C–N with tert-alkyl or cyclic N) is 1. The predicted molar refractivity (Wildman–Crippen MR) is 88.5 cm³/mol. The van der Waals surface area contributed by atoms with E-state index in [1.807, 2.05) is 26.0 Å². The molecule has 0 aromatic heterocycles. The number of nitrogens with zero attached hydrogens (tertiary/aromatic N) is 1. The molecule has 0 bridgehead atoms. The van der Waals surface area contributed by atoms with Crippen molar-refractivity contribution in [1.29, 1.82) is 0 Å². The number of para-hydroxylation sites is 1. The van der Waals surface area contributed by atoms with Crippen molar-refractivity contribution in [2.45, 2.75) is 44.8 Å². The molecule has 1 heterocycles. The predicted octanol–water partition coefficient (Wildman–Crippen LogP) is 2.66. The van der Waals surface area contributed by atoms with Crippen LogP contribution in [0.1, 0.15) is 38.2 Å². The van der Waals surface area contributed by atoms with Crippen LogP contribution < -0.4 is 4.74 Å². The Morgan fingerprint density at radius 3 is 2.55 bits per heavy atom. The summed E-state index contributed by atoms with van der Waals surface area (Å²) in [6.07, 6.45) is 1.99. The molecule has 1 aromatic carbocycles. The normalized spacial score (nSPS) is 18.6. The Balaban J connectivity index is 1.80. The summed E-state index contributed by atoms with van der Waals surface area (Å²) in [4.78, 5) is 2.33. The van der Waals surface area contributed by atoms with Crippen LogP contribution in [0, 0.1) is 0 Å². The van der Waals surface area contributed by atoms with Crippen molar-refractivity contribution in [3.8, 4) is 5.75 Å². The van der Waals surface area contributed by atoms with Crippen LogP contribution in [0.4, 0.5) is 0 Å². The summed E-state index contributed by atoms with van der Waals surface area (Å²) in [6.45, 7) is 7.13. The standard InChI is InChI=1S/C18H29NO3/c1-14(2)22-13-16(20)12-19-10-8-15(9-11-19)17-6-4-5-7-18(17)21-3/h4-7,14-16,20H,8-13H2,1-3H3. The number of methoxy groups -OCH3 is 1. The molecule has 4 nitrogen and oxygen atoms in total. The average Bonchev–Trinajstić information content (AvgIpc) is 2.53. The Kier molecular flexibility index (Phi) is 6.68. The molecule has 1 aliphatic rings. The van der Waals surface area contributed by atoms with Gasteiger partial charge in [-0.15, -0.1) is 0 Å². The van der Waals surface area contributed by atoms with Crippen LogP contribution in [0.25, 0.3) is 0 Å². The zero-order valence-corrected chi connectivity index (χ0v) is 14.0. The van der Waals surface area contributed by atoms with Crippen molar-refractivity contribution >= 4 is 0 Å². The highest BCUT2D eigenvalue weighted by Gasteiger charge is 2.24. The number of rotatable bonds is 7. The third-order valence-corrected chi connectivity index (χ3v) is 4.26. The summed E-state index contributed by atoms with van der Waals surface area (Å²) >= 11 is 0. The molecule has 22 heavy (non-hydrogen) atoms. The fourth-order valence-corrected chi connectivity index (χ4v) is 3.08. The monoisotopic (exact) mass is 307 g/mol. The van der Waals surface area contributed by atoms with Crippen LogP contribution in [0.3, 0.4) is 0 Å². The van der Waals surface area contributed by atoms with E-state index < -0.39 is 6.10 Å². The van der Waals surface area contributed by atoms with Gasteiger partial charge >= 0.3 is 0 Å². The second-order valence-corrected chi connectivity index (χ2v) is 6.35. The van der Waals surface area contributed by atoms with Gasteiger partial charge in [-0.3, -0.25) is 0 Å². The van der Waals surface area contributed by atoms with E-state index in [2.05, 4.69) is 17.0 Å². The van der Waals surface area contributed by atoms with Gasteiger partial charge in [-0.2, -0.15) is 0 Å². The van der Waals surface area contributed by atoms with Crippen LogP contribution in [-0.4, -0.2) is 55.6 Å². The largest absolute Gasteiger partial charge is 0.496 e. The van der Waals surface area contributed by atoms with E-state index in [0.717, 1.165) is 31.7 Å². The molecule has 0 amide bonds. The smallest absolute Gasteiger partial charge is 0.122 e. The minimum atomic E-state index is -0.398. The molecule has 124 valence electrons. The van der Waals surface area contributed by atoms with E-state index >= 15 is 0 Å². The van der Waals surface area contributed by atoms with Gasteiger partial charge in [-0.05, 0) is 57.3 Å². The van der Waals surface area contributed by atoms with E-state index in [9.17, 15) is 5.11 Å². The summed E-state index contributed by atoms with van der Waals surface area (Å²) in [5.41, 5.74) is 1.31. The second-order valence-electron chi connectivity index (χ2n) is 6.35. The molecule has 0 spiro atoms. The summed E-state index contributed by atoms with van der Waals surface area (Å²) in [6, 6.07) is 8.30. The van der Waals surface area contributed by atoms with Gasteiger partial charge in [0.25, 0.3) is 0 Å². The third kappa shape index (κ3) is 4.97. The van der Waals surface area contributed by atoms with Gasteiger partial charge in [-0.1, -0.05) is 18.2 Å². The fraction of sp³-hybridized carbons (Fsp3) is 0.667. The van der Waals surface area contributed by atoms with E-state index in [-0.39, 0.29) is 6.10 Å². The zero-order valence-electron chi connectivity index (χ0n) is 14.0. The van der Waals surface area contributed by atoms with Crippen molar-refractivity contribution < 1.29 is 14.6 Å². The van der Waals surface area contributed by atoms with Crippen LogP contribution >= 0.6 is 0 Å². The molecule has 1 saturated heterocycles. The van der Waals surface area contributed by atoms with Crippen LogP contribution in [0.2, 0.25) is 0 Å². The number of hydrogen-bond donors (Lipinski definition) is 1. The van der Waals surface area contributed by atoms with Gasteiger partial charge < -0.3 is 19.5 Å². The minimum Gasteiger partial charge on any atom is -0.496 e. The number of hydrogen-bond acceptors (Lipinski definition) is 4. The Morgan fingerprint density at radius 1 is 1.23 bits per heavy atom. The van der Waals surface area contributed by atoms with E-state index in [4.69, 9.17) is 9.47 Å². The van der Waals surface area contributed by atoms with Gasteiger partial charge in [0.2, 0.25) is 0 Å². The first-order chi connectivity index (χ1) is 10.6. The van der Waals surface area contributed by atoms with Crippen molar-refractivity contribution in [3.05, 3.63) is 29.8 Å². The number of benzene rings is 1. The lowest BCUT2D eigenvalue weighted by Gasteiger charge is -2.33.